The van der Waals surface area contributed by atoms with Gasteiger partial charge in [0.2, 0.25) is 0 Å². The van der Waals surface area contributed by atoms with Gasteiger partial charge in [-0.1, -0.05) is 38.1 Å². The Morgan fingerprint density at radius 2 is 2.17 bits per heavy atom. The van der Waals surface area contributed by atoms with Crippen molar-refractivity contribution in [1.82, 2.24) is 15.3 Å². The predicted molar refractivity (Wildman–Crippen MR) is 90.1 cm³/mol. The first-order chi connectivity index (χ1) is 11.0. The highest BCUT2D eigenvalue weighted by Gasteiger charge is 2.27. The maximum Gasteiger partial charge on any atom is 0.256 e. The summed E-state index contributed by atoms with van der Waals surface area (Å²) in [7, 11) is 0. The number of nitrogens with zero attached hydrogens (tertiary/aromatic N) is 2. The predicted octanol–water partition coefficient (Wildman–Crippen LogP) is 2.99. The van der Waals surface area contributed by atoms with E-state index in [0.29, 0.717) is 23.9 Å². The average molecular weight is 310 g/mol. The Kier molecular flexibility index (Phi) is 4.28. The van der Waals surface area contributed by atoms with E-state index < -0.39 is 0 Å². The van der Waals surface area contributed by atoms with Gasteiger partial charge in [0.15, 0.2) is 0 Å². The Bertz CT molecular complexity index is 723. The van der Waals surface area contributed by atoms with Gasteiger partial charge in [0.25, 0.3) is 5.91 Å². The number of anilines is 1. The van der Waals surface area contributed by atoms with Gasteiger partial charge >= 0.3 is 0 Å². The monoisotopic (exact) mass is 310 g/mol. The van der Waals surface area contributed by atoms with Crippen molar-refractivity contribution in [1.29, 1.82) is 0 Å². The number of hydrogen-bond donors (Lipinski definition) is 2. The quantitative estimate of drug-likeness (QED) is 0.889. The molecule has 3 N–H and O–H groups in total. The van der Waals surface area contributed by atoms with Gasteiger partial charge < -0.3 is 11.1 Å². The van der Waals surface area contributed by atoms with Gasteiger partial charge in [-0.15, -0.1) is 0 Å². The number of amides is 1. The molecule has 1 aromatic carbocycles. The van der Waals surface area contributed by atoms with Crippen LogP contribution >= 0.6 is 0 Å². The number of rotatable bonds is 5. The zero-order valence-electron chi connectivity index (χ0n) is 13.5. The number of nitrogen functional groups attached to an aromatic ring is 1. The van der Waals surface area contributed by atoms with Crippen LogP contribution in [0.25, 0.3) is 0 Å². The molecule has 0 saturated heterocycles. The molecule has 120 valence electrons. The van der Waals surface area contributed by atoms with Crippen LogP contribution in [0.1, 0.15) is 65.8 Å². The van der Waals surface area contributed by atoms with E-state index in [0.717, 1.165) is 24.2 Å². The minimum absolute atomic E-state index is 0.236. The van der Waals surface area contributed by atoms with Crippen LogP contribution in [-0.4, -0.2) is 15.9 Å². The van der Waals surface area contributed by atoms with E-state index in [2.05, 4.69) is 41.3 Å². The molecule has 1 aromatic heterocycles. The van der Waals surface area contributed by atoms with Crippen molar-refractivity contribution in [3.8, 4) is 0 Å². The van der Waals surface area contributed by atoms with Gasteiger partial charge in [-0.05, 0) is 29.9 Å². The van der Waals surface area contributed by atoms with E-state index in [1.807, 2.05) is 12.1 Å². The Hall–Kier alpha value is -2.43. The molecule has 2 aromatic rings. The standard InChI is InChI=1S/C18H22N4O/c1-11(2)14-5-3-4-12(8-14)9-21-18(23)15-10-20-17(13-6-7-13)22-16(15)19/h3-5,8,10-11,13H,6-7,9H2,1-2H3,(H,21,23)(H2,19,20,22). The number of aromatic nitrogens is 2. The van der Waals surface area contributed by atoms with E-state index >= 15 is 0 Å². The molecule has 1 heterocycles. The van der Waals surface area contributed by atoms with Crippen LogP contribution in [0.3, 0.4) is 0 Å². The Morgan fingerprint density at radius 3 is 2.83 bits per heavy atom. The number of carbonyl (C=O) groups excluding carboxylic acids is 1. The molecular formula is C18H22N4O. The SMILES string of the molecule is CC(C)c1cccc(CNC(=O)c2cnc(C3CC3)nc2N)c1. The second-order valence-electron chi connectivity index (χ2n) is 6.38. The highest BCUT2D eigenvalue weighted by atomic mass is 16.1. The molecule has 1 aliphatic rings. The first-order valence-electron chi connectivity index (χ1n) is 8.04. The summed E-state index contributed by atoms with van der Waals surface area (Å²) in [5.74, 6) is 1.66. The molecule has 3 rings (SSSR count). The normalized spacial score (nSPS) is 14.0. The van der Waals surface area contributed by atoms with Crippen LogP contribution in [0.4, 0.5) is 5.82 Å². The smallest absolute Gasteiger partial charge is 0.256 e. The van der Waals surface area contributed by atoms with Crippen molar-refractivity contribution in [3.05, 3.63) is 53.0 Å². The summed E-state index contributed by atoms with van der Waals surface area (Å²) < 4.78 is 0. The Balaban J connectivity index is 1.66. The first kappa shape index (κ1) is 15.5. The van der Waals surface area contributed by atoms with E-state index in [1.165, 1.54) is 11.8 Å². The van der Waals surface area contributed by atoms with Crippen molar-refractivity contribution in [2.75, 3.05) is 5.73 Å². The molecule has 1 saturated carbocycles. The molecule has 1 fully saturated rings. The Morgan fingerprint density at radius 1 is 1.39 bits per heavy atom. The maximum atomic E-state index is 12.3. The zero-order valence-corrected chi connectivity index (χ0v) is 13.5. The van der Waals surface area contributed by atoms with Crippen LogP contribution < -0.4 is 11.1 Å². The lowest BCUT2D eigenvalue weighted by Crippen LogP contribution is -2.24. The van der Waals surface area contributed by atoms with Gasteiger partial charge in [0.05, 0.1) is 5.56 Å². The van der Waals surface area contributed by atoms with Crippen molar-refractivity contribution in [3.63, 3.8) is 0 Å². The van der Waals surface area contributed by atoms with Gasteiger partial charge in [-0.2, -0.15) is 0 Å². The van der Waals surface area contributed by atoms with E-state index in [-0.39, 0.29) is 11.7 Å². The lowest BCUT2D eigenvalue weighted by molar-refractivity contribution is 0.0951. The molecule has 23 heavy (non-hydrogen) atoms. The molecule has 0 unspecified atom stereocenters. The van der Waals surface area contributed by atoms with Crippen molar-refractivity contribution < 1.29 is 4.79 Å². The third-order valence-corrected chi connectivity index (χ3v) is 4.09. The largest absolute Gasteiger partial charge is 0.383 e. The minimum Gasteiger partial charge on any atom is -0.383 e. The van der Waals surface area contributed by atoms with Gasteiger partial charge in [0, 0.05) is 18.7 Å². The summed E-state index contributed by atoms with van der Waals surface area (Å²) in [6, 6.07) is 8.22. The Labute approximate surface area is 136 Å². The van der Waals surface area contributed by atoms with Crippen LogP contribution in [-0.2, 0) is 6.54 Å². The summed E-state index contributed by atoms with van der Waals surface area (Å²) in [4.78, 5) is 20.8. The second-order valence-corrected chi connectivity index (χ2v) is 6.38. The number of nitrogens with two attached hydrogens (primary N) is 1. The maximum absolute atomic E-state index is 12.3. The molecule has 0 aliphatic heterocycles. The molecule has 1 amide bonds. The number of benzene rings is 1. The van der Waals surface area contributed by atoms with Gasteiger partial charge in [0.1, 0.15) is 11.6 Å². The highest BCUT2D eigenvalue weighted by Crippen LogP contribution is 2.38. The fourth-order valence-electron chi connectivity index (χ4n) is 2.46. The highest BCUT2D eigenvalue weighted by molar-refractivity contribution is 5.97. The molecule has 1 aliphatic carbocycles. The number of carbonyl (C=O) groups is 1. The first-order valence-corrected chi connectivity index (χ1v) is 8.04. The zero-order chi connectivity index (χ0) is 16.4. The van der Waals surface area contributed by atoms with Crippen LogP contribution in [0.2, 0.25) is 0 Å². The van der Waals surface area contributed by atoms with E-state index in [4.69, 9.17) is 5.73 Å². The molecule has 5 heteroatoms. The minimum atomic E-state index is -0.236. The van der Waals surface area contributed by atoms with Crippen molar-refractivity contribution in [2.45, 2.75) is 45.1 Å². The summed E-state index contributed by atoms with van der Waals surface area (Å²) in [5.41, 5.74) is 8.58. The summed E-state index contributed by atoms with van der Waals surface area (Å²) in [5, 5.41) is 2.89. The molecular weight excluding hydrogens is 288 g/mol. The summed E-state index contributed by atoms with van der Waals surface area (Å²) in [6.07, 6.45) is 3.75. The lowest BCUT2D eigenvalue weighted by atomic mass is 10.0. The van der Waals surface area contributed by atoms with E-state index in [9.17, 15) is 4.79 Å². The van der Waals surface area contributed by atoms with Crippen molar-refractivity contribution in [2.24, 2.45) is 0 Å². The molecule has 5 nitrogen and oxygen atoms in total. The van der Waals surface area contributed by atoms with Crippen molar-refractivity contribution >= 4 is 11.7 Å². The number of hydrogen-bond acceptors (Lipinski definition) is 4. The lowest BCUT2D eigenvalue weighted by Gasteiger charge is -2.10. The topological polar surface area (TPSA) is 80.9 Å². The number of nitrogens with one attached hydrogen (secondary N) is 1. The third kappa shape index (κ3) is 3.67. The molecule has 0 bridgehead atoms. The van der Waals surface area contributed by atoms with Gasteiger partial charge in [-0.25, -0.2) is 9.97 Å². The molecule has 0 spiro atoms. The average Bonchev–Trinajstić information content (AvgIpc) is 3.37. The van der Waals surface area contributed by atoms with Crippen LogP contribution in [0.5, 0.6) is 0 Å². The van der Waals surface area contributed by atoms with Crippen LogP contribution in [0, 0.1) is 0 Å². The summed E-state index contributed by atoms with van der Waals surface area (Å²) in [6.45, 7) is 4.76. The second kappa shape index (κ2) is 6.36. The molecule has 0 atom stereocenters. The summed E-state index contributed by atoms with van der Waals surface area (Å²) >= 11 is 0. The van der Waals surface area contributed by atoms with E-state index in [1.54, 1.807) is 0 Å². The third-order valence-electron chi connectivity index (χ3n) is 4.09. The fourth-order valence-corrected chi connectivity index (χ4v) is 2.46. The van der Waals surface area contributed by atoms with Gasteiger partial charge in [-0.3, -0.25) is 4.79 Å². The van der Waals surface area contributed by atoms with Crippen LogP contribution in [0.15, 0.2) is 30.5 Å². The fraction of sp³-hybridized carbons (Fsp3) is 0.389. The molecule has 0 radical (unpaired) electrons.